The van der Waals surface area contributed by atoms with Crippen LogP contribution in [0.25, 0.3) is 0 Å². The number of piperazine rings is 1. The first kappa shape index (κ1) is 14.6. The molecule has 1 aromatic rings. The summed E-state index contributed by atoms with van der Waals surface area (Å²) in [6.45, 7) is 3.88. The standard InChI is InChI=1S/C13H15F2N3OS/c1-9(19)17-4-6-18(7-5-17)13(20)16-12-3-2-10(14)8-11(12)15/h2-3,8H,4-7H2,1H3,(H,16,20). The molecule has 0 aromatic heterocycles. The van der Waals surface area contributed by atoms with Crippen LogP contribution in [0, 0.1) is 11.6 Å². The molecule has 2 rings (SSSR count). The number of rotatable bonds is 1. The van der Waals surface area contributed by atoms with Crippen molar-refractivity contribution >= 4 is 28.9 Å². The van der Waals surface area contributed by atoms with Crippen LogP contribution in [0.5, 0.6) is 0 Å². The first-order valence-corrected chi connectivity index (χ1v) is 6.64. The van der Waals surface area contributed by atoms with Crippen LogP contribution in [0.1, 0.15) is 6.92 Å². The van der Waals surface area contributed by atoms with Crippen LogP contribution >= 0.6 is 12.2 Å². The van der Waals surface area contributed by atoms with E-state index < -0.39 is 11.6 Å². The number of amides is 1. The van der Waals surface area contributed by atoms with Gasteiger partial charge in [0.25, 0.3) is 0 Å². The smallest absolute Gasteiger partial charge is 0.219 e. The van der Waals surface area contributed by atoms with Gasteiger partial charge in [-0.3, -0.25) is 4.79 Å². The molecule has 1 fully saturated rings. The van der Waals surface area contributed by atoms with Gasteiger partial charge in [0, 0.05) is 39.2 Å². The number of hydrogen-bond acceptors (Lipinski definition) is 2. The van der Waals surface area contributed by atoms with Crippen molar-refractivity contribution in [1.29, 1.82) is 0 Å². The van der Waals surface area contributed by atoms with E-state index in [-0.39, 0.29) is 11.6 Å². The fourth-order valence-electron chi connectivity index (χ4n) is 2.01. The number of carbonyl (C=O) groups excluding carboxylic acids is 1. The van der Waals surface area contributed by atoms with Crippen LogP contribution in [-0.4, -0.2) is 47.0 Å². The molecule has 1 amide bonds. The lowest BCUT2D eigenvalue weighted by Gasteiger charge is -2.35. The maximum Gasteiger partial charge on any atom is 0.219 e. The fraction of sp³-hybridized carbons (Fsp3) is 0.385. The Bertz CT molecular complexity index is 530. The molecule has 1 aromatic carbocycles. The maximum atomic E-state index is 13.5. The van der Waals surface area contributed by atoms with Crippen LogP contribution < -0.4 is 5.32 Å². The molecule has 1 aliphatic rings. The van der Waals surface area contributed by atoms with E-state index in [0.717, 1.165) is 6.07 Å². The third-order valence-electron chi connectivity index (χ3n) is 3.18. The number of thiocarbonyl (C=S) groups is 1. The van der Waals surface area contributed by atoms with Crippen molar-refractivity contribution in [1.82, 2.24) is 9.80 Å². The Labute approximate surface area is 121 Å². The van der Waals surface area contributed by atoms with E-state index in [2.05, 4.69) is 5.32 Å². The quantitative estimate of drug-likeness (QED) is 0.803. The second kappa shape index (κ2) is 6.13. The Kier molecular flexibility index (Phi) is 4.49. The Hall–Kier alpha value is -1.76. The highest BCUT2D eigenvalue weighted by molar-refractivity contribution is 7.80. The summed E-state index contributed by atoms with van der Waals surface area (Å²) in [4.78, 5) is 14.8. The minimum Gasteiger partial charge on any atom is -0.345 e. The maximum absolute atomic E-state index is 13.5. The summed E-state index contributed by atoms with van der Waals surface area (Å²) >= 11 is 5.20. The summed E-state index contributed by atoms with van der Waals surface area (Å²) < 4.78 is 26.3. The van der Waals surface area contributed by atoms with Gasteiger partial charge in [-0.1, -0.05) is 0 Å². The number of benzene rings is 1. The number of carbonyl (C=O) groups is 1. The van der Waals surface area contributed by atoms with Crippen molar-refractivity contribution in [3.8, 4) is 0 Å². The van der Waals surface area contributed by atoms with Gasteiger partial charge >= 0.3 is 0 Å². The van der Waals surface area contributed by atoms with Gasteiger partial charge in [-0.05, 0) is 24.4 Å². The molecule has 0 saturated carbocycles. The minimum atomic E-state index is -0.685. The molecule has 0 spiro atoms. The lowest BCUT2D eigenvalue weighted by molar-refractivity contribution is -0.130. The van der Waals surface area contributed by atoms with Crippen molar-refractivity contribution in [3.63, 3.8) is 0 Å². The van der Waals surface area contributed by atoms with Gasteiger partial charge in [-0.2, -0.15) is 0 Å². The second-order valence-electron chi connectivity index (χ2n) is 4.55. The predicted molar refractivity (Wildman–Crippen MR) is 76.4 cm³/mol. The largest absolute Gasteiger partial charge is 0.345 e. The molecular weight excluding hydrogens is 284 g/mol. The van der Waals surface area contributed by atoms with Gasteiger partial charge in [0.1, 0.15) is 11.6 Å². The predicted octanol–water partition coefficient (Wildman–Crippen LogP) is 1.83. The van der Waals surface area contributed by atoms with Crippen LogP contribution in [0.3, 0.4) is 0 Å². The monoisotopic (exact) mass is 299 g/mol. The molecule has 1 N–H and O–H groups in total. The molecule has 7 heteroatoms. The number of hydrogen-bond donors (Lipinski definition) is 1. The van der Waals surface area contributed by atoms with E-state index in [0.29, 0.717) is 31.3 Å². The van der Waals surface area contributed by atoms with E-state index in [9.17, 15) is 13.6 Å². The molecule has 108 valence electrons. The highest BCUT2D eigenvalue weighted by Crippen LogP contribution is 2.16. The number of nitrogens with zero attached hydrogens (tertiary/aromatic N) is 2. The van der Waals surface area contributed by atoms with Crippen LogP contribution in [0.4, 0.5) is 14.5 Å². The van der Waals surface area contributed by atoms with Crippen molar-refractivity contribution in [2.45, 2.75) is 6.92 Å². The number of halogens is 2. The Morgan fingerprint density at radius 2 is 1.80 bits per heavy atom. The molecule has 20 heavy (non-hydrogen) atoms. The van der Waals surface area contributed by atoms with E-state index in [1.165, 1.54) is 19.1 Å². The minimum absolute atomic E-state index is 0.0353. The molecule has 0 bridgehead atoms. The zero-order valence-corrected chi connectivity index (χ0v) is 11.8. The lowest BCUT2D eigenvalue weighted by atomic mass is 10.3. The van der Waals surface area contributed by atoms with Crippen molar-refractivity contribution in [2.75, 3.05) is 31.5 Å². The van der Waals surface area contributed by atoms with Crippen LogP contribution in [-0.2, 0) is 4.79 Å². The highest BCUT2D eigenvalue weighted by atomic mass is 32.1. The van der Waals surface area contributed by atoms with Crippen molar-refractivity contribution in [2.24, 2.45) is 0 Å². The average molecular weight is 299 g/mol. The van der Waals surface area contributed by atoms with Gasteiger partial charge in [-0.15, -0.1) is 0 Å². The zero-order chi connectivity index (χ0) is 14.7. The summed E-state index contributed by atoms with van der Waals surface area (Å²) in [5.41, 5.74) is 0.144. The normalized spacial score (nSPS) is 15.2. The van der Waals surface area contributed by atoms with Crippen LogP contribution in [0.15, 0.2) is 18.2 Å². The van der Waals surface area contributed by atoms with Gasteiger partial charge in [-0.25, -0.2) is 8.78 Å². The van der Waals surface area contributed by atoms with Crippen LogP contribution in [0.2, 0.25) is 0 Å². The third kappa shape index (κ3) is 3.41. The summed E-state index contributed by atoms with van der Waals surface area (Å²) in [5, 5.41) is 3.14. The molecule has 0 atom stereocenters. The fourth-order valence-corrected chi connectivity index (χ4v) is 2.30. The first-order chi connectivity index (χ1) is 9.47. The Morgan fingerprint density at radius 3 is 2.35 bits per heavy atom. The third-order valence-corrected chi connectivity index (χ3v) is 3.55. The molecule has 0 radical (unpaired) electrons. The topological polar surface area (TPSA) is 35.6 Å². The molecular formula is C13H15F2N3OS. The molecule has 0 aliphatic carbocycles. The number of anilines is 1. The van der Waals surface area contributed by atoms with Gasteiger partial charge in [0.15, 0.2) is 5.11 Å². The lowest BCUT2D eigenvalue weighted by Crippen LogP contribution is -2.51. The number of nitrogens with one attached hydrogen (secondary N) is 1. The average Bonchev–Trinajstić information content (AvgIpc) is 2.42. The molecule has 1 aliphatic heterocycles. The summed E-state index contributed by atoms with van der Waals surface area (Å²) in [6, 6.07) is 3.28. The van der Waals surface area contributed by atoms with Gasteiger partial charge in [0.2, 0.25) is 5.91 Å². The molecule has 1 saturated heterocycles. The zero-order valence-electron chi connectivity index (χ0n) is 11.0. The van der Waals surface area contributed by atoms with E-state index in [1.54, 1.807) is 4.90 Å². The molecule has 1 heterocycles. The Balaban J connectivity index is 1.94. The van der Waals surface area contributed by atoms with E-state index in [4.69, 9.17) is 12.2 Å². The summed E-state index contributed by atoms with van der Waals surface area (Å²) in [7, 11) is 0. The van der Waals surface area contributed by atoms with E-state index >= 15 is 0 Å². The summed E-state index contributed by atoms with van der Waals surface area (Å²) in [6.07, 6.45) is 0. The van der Waals surface area contributed by atoms with Crippen molar-refractivity contribution < 1.29 is 13.6 Å². The highest BCUT2D eigenvalue weighted by Gasteiger charge is 2.20. The second-order valence-corrected chi connectivity index (χ2v) is 4.93. The molecule has 0 unspecified atom stereocenters. The van der Waals surface area contributed by atoms with Gasteiger partial charge < -0.3 is 15.1 Å². The van der Waals surface area contributed by atoms with E-state index in [1.807, 2.05) is 4.90 Å². The van der Waals surface area contributed by atoms with Crippen molar-refractivity contribution in [3.05, 3.63) is 29.8 Å². The van der Waals surface area contributed by atoms with Gasteiger partial charge in [0.05, 0.1) is 5.69 Å². The summed E-state index contributed by atoms with van der Waals surface area (Å²) in [5.74, 6) is -1.28. The first-order valence-electron chi connectivity index (χ1n) is 6.24. The Morgan fingerprint density at radius 1 is 1.20 bits per heavy atom. The molecule has 4 nitrogen and oxygen atoms in total. The SMILES string of the molecule is CC(=O)N1CCN(C(=S)Nc2ccc(F)cc2F)CC1.